The van der Waals surface area contributed by atoms with Crippen molar-refractivity contribution in [3.63, 3.8) is 0 Å². The van der Waals surface area contributed by atoms with E-state index in [4.69, 9.17) is 10.2 Å². The Bertz CT molecular complexity index is 399. The summed E-state index contributed by atoms with van der Waals surface area (Å²) < 4.78 is 0. The molecule has 19 heavy (non-hydrogen) atoms. The maximum Gasteiger partial charge on any atom is 0.309 e. The summed E-state index contributed by atoms with van der Waals surface area (Å²) in [7, 11) is 0. The van der Waals surface area contributed by atoms with Crippen LogP contribution >= 0.6 is 0 Å². The molecular weight excluding hydrogens is 242 g/mol. The lowest BCUT2D eigenvalue weighted by molar-refractivity contribution is -0.146. The van der Waals surface area contributed by atoms with E-state index >= 15 is 0 Å². The van der Waals surface area contributed by atoms with E-state index < -0.39 is 11.9 Å². The maximum atomic E-state index is 11.0. The number of carboxylic acid groups (broad SMARTS) is 1. The van der Waals surface area contributed by atoms with Crippen LogP contribution in [0.15, 0.2) is 30.3 Å². The van der Waals surface area contributed by atoms with Gasteiger partial charge in [-0.25, -0.2) is 0 Å². The van der Waals surface area contributed by atoms with Gasteiger partial charge in [-0.2, -0.15) is 0 Å². The topological polar surface area (TPSA) is 60.8 Å². The molecule has 1 heterocycles. The largest absolute Gasteiger partial charge is 0.481 e. The predicted octanol–water partition coefficient (Wildman–Crippen LogP) is 1.59. The molecule has 1 aliphatic heterocycles. The Balaban J connectivity index is 1.84. The normalized spacial score (nSPS) is 19.2. The highest BCUT2D eigenvalue weighted by molar-refractivity contribution is 5.70. The van der Waals surface area contributed by atoms with Crippen LogP contribution in [0.25, 0.3) is 0 Å². The molecule has 1 aromatic rings. The molecule has 4 heteroatoms. The number of benzene rings is 1. The van der Waals surface area contributed by atoms with Crippen LogP contribution in [0.2, 0.25) is 0 Å². The summed E-state index contributed by atoms with van der Waals surface area (Å²) in [5.74, 6) is -1.36. The monoisotopic (exact) mass is 263 g/mol. The van der Waals surface area contributed by atoms with E-state index in [1.54, 1.807) is 0 Å². The molecule has 0 saturated carbocycles. The third-order valence-electron chi connectivity index (χ3n) is 3.96. The molecule has 0 spiro atoms. The zero-order chi connectivity index (χ0) is 13.7. The average Bonchev–Trinajstić information content (AvgIpc) is 2.42. The first-order chi connectivity index (χ1) is 9.20. The summed E-state index contributed by atoms with van der Waals surface area (Å²) in [6.07, 6.45) is 1.70. The Hall–Kier alpha value is -1.39. The number of aliphatic carboxylic acids is 1. The number of carbonyl (C=O) groups is 1. The van der Waals surface area contributed by atoms with E-state index in [1.807, 2.05) is 18.2 Å². The number of likely N-dealkylation sites (tertiary alicyclic amines) is 1. The Morgan fingerprint density at radius 1 is 1.26 bits per heavy atom. The van der Waals surface area contributed by atoms with Crippen molar-refractivity contribution in [1.82, 2.24) is 4.90 Å². The third kappa shape index (κ3) is 3.78. The zero-order valence-corrected chi connectivity index (χ0v) is 11.0. The molecule has 1 aromatic carbocycles. The van der Waals surface area contributed by atoms with Gasteiger partial charge in [-0.05, 0) is 37.4 Å². The molecule has 2 N–H and O–H groups in total. The fourth-order valence-electron chi connectivity index (χ4n) is 2.78. The average molecular weight is 263 g/mol. The van der Waals surface area contributed by atoms with Crippen molar-refractivity contribution in [3.8, 4) is 0 Å². The van der Waals surface area contributed by atoms with Crippen LogP contribution in [-0.4, -0.2) is 40.8 Å². The molecule has 1 unspecified atom stereocenters. The molecule has 0 bridgehead atoms. The molecule has 1 saturated heterocycles. The number of rotatable bonds is 5. The van der Waals surface area contributed by atoms with Crippen molar-refractivity contribution in [2.24, 2.45) is 11.8 Å². The first kappa shape index (κ1) is 14.0. The van der Waals surface area contributed by atoms with Crippen LogP contribution in [0.3, 0.4) is 0 Å². The van der Waals surface area contributed by atoms with Gasteiger partial charge in [0.15, 0.2) is 0 Å². The molecule has 0 amide bonds. The Kier molecular flexibility index (Phi) is 4.93. The van der Waals surface area contributed by atoms with Crippen LogP contribution < -0.4 is 0 Å². The molecule has 1 atom stereocenters. The van der Waals surface area contributed by atoms with Crippen molar-refractivity contribution >= 4 is 5.97 Å². The second-order valence-electron chi connectivity index (χ2n) is 5.23. The summed E-state index contributed by atoms with van der Waals surface area (Å²) in [6, 6.07) is 10.3. The van der Waals surface area contributed by atoms with Gasteiger partial charge in [0.2, 0.25) is 0 Å². The Morgan fingerprint density at radius 3 is 2.42 bits per heavy atom. The molecule has 1 aliphatic rings. The van der Waals surface area contributed by atoms with Crippen molar-refractivity contribution < 1.29 is 15.0 Å². The molecule has 0 aliphatic carbocycles. The van der Waals surface area contributed by atoms with E-state index in [2.05, 4.69) is 17.0 Å². The molecule has 104 valence electrons. The van der Waals surface area contributed by atoms with Gasteiger partial charge in [0.05, 0.1) is 12.5 Å². The standard InChI is InChI=1S/C15H21NO3/c17-11-14(15(18)19)13-6-8-16(9-7-13)10-12-4-2-1-3-5-12/h1-5,13-14,17H,6-11H2,(H,18,19). The van der Waals surface area contributed by atoms with Crippen molar-refractivity contribution in [2.45, 2.75) is 19.4 Å². The summed E-state index contributed by atoms with van der Waals surface area (Å²) in [5.41, 5.74) is 1.29. The van der Waals surface area contributed by atoms with E-state index in [9.17, 15) is 4.79 Å². The van der Waals surface area contributed by atoms with Gasteiger partial charge in [0, 0.05) is 6.54 Å². The summed E-state index contributed by atoms with van der Waals surface area (Å²) in [4.78, 5) is 13.4. The van der Waals surface area contributed by atoms with Gasteiger partial charge in [-0.15, -0.1) is 0 Å². The van der Waals surface area contributed by atoms with E-state index in [0.29, 0.717) is 0 Å². The maximum absolute atomic E-state index is 11.0. The quantitative estimate of drug-likeness (QED) is 0.847. The van der Waals surface area contributed by atoms with Crippen LogP contribution in [0.1, 0.15) is 18.4 Å². The predicted molar refractivity (Wildman–Crippen MR) is 72.7 cm³/mol. The highest BCUT2D eigenvalue weighted by Crippen LogP contribution is 2.26. The lowest BCUT2D eigenvalue weighted by Gasteiger charge is -2.34. The number of aliphatic hydroxyl groups is 1. The highest BCUT2D eigenvalue weighted by atomic mass is 16.4. The second-order valence-corrected chi connectivity index (χ2v) is 5.23. The summed E-state index contributed by atoms with van der Waals surface area (Å²) in [6.45, 7) is 2.48. The minimum atomic E-state index is -0.871. The number of nitrogens with zero attached hydrogens (tertiary/aromatic N) is 1. The van der Waals surface area contributed by atoms with Crippen LogP contribution in [0, 0.1) is 11.8 Å². The van der Waals surface area contributed by atoms with E-state index in [-0.39, 0.29) is 12.5 Å². The Labute approximate surface area is 113 Å². The lowest BCUT2D eigenvalue weighted by atomic mass is 9.84. The lowest BCUT2D eigenvalue weighted by Crippen LogP contribution is -2.38. The van der Waals surface area contributed by atoms with Crippen molar-refractivity contribution in [2.75, 3.05) is 19.7 Å². The first-order valence-corrected chi connectivity index (χ1v) is 6.80. The SMILES string of the molecule is O=C(O)C(CO)C1CCN(Cc2ccccc2)CC1. The van der Waals surface area contributed by atoms with Gasteiger partial charge in [0.1, 0.15) is 0 Å². The number of carboxylic acids is 1. The summed E-state index contributed by atoms with van der Waals surface area (Å²) in [5, 5.41) is 18.2. The highest BCUT2D eigenvalue weighted by Gasteiger charge is 2.30. The van der Waals surface area contributed by atoms with Crippen molar-refractivity contribution in [1.29, 1.82) is 0 Å². The van der Waals surface area contributed by atoms with Crippen LogP contribution in [0.5, 0.6) is 0 Å². The summed E-state index contributed by atoms with van der Waals surface area (Å²) >= 11 is 0. The minimum Gasteiger partial charge on any atom is -0.481 e. The third-order valence-corrected chi connectivity index (χ3v) is 3.96. The fourth-order valence-corrected chi connectivity index (χ4v) is 2.78. The molecule has 1 fully saturated rings. The number of aliphatic hydroxyl groups excluding tert-OH is 1. The molecule has 0 aromatic heterocycles. The van der Waals surface area contributed by atoms with Gasteiger partial charge < -0.3 is 10.2 Å². The zero-order valence-electron chi connectivity index (χ0n) is 11.0. The first-order valence-electron chi connectivity index (χ1n) is 6.80. The van der Waals surface area contributed by atoms with Crippen LogP contribution in [-0.2, 0) is 11.3 Å². The molecular formula is C15H21NO3. The van der Waals surface area contributed by atoms with E-state index in [1.165, 1.54) is 5.56 Å². The number of hydrogen-bond donors (Lipinski definition) is 2. The van der Waals surface area contributed by atoms with Crippen molar-refractivity contribution in [3.05, 3.63) is 35.9 Å². The smallest absolute Gasteiger partial charge is 0.309 e. The molecule has 4 nitrogen and oxygen atoms in total. The van der Waals surface area contributed by atoms with Gasteiger partial charge in [0.25, 0.3) is 0 Å². The number of piperidine rings is 1. The van der Waals surface area contributed by atoms with Gasteiger partial charge in [-0.3, -0.25) is 9.69 Å². The fraction of sp³-hybridized carbons (Fsp3) is 0.533. The van der Waals surface area contributed by atoms with E-state index in [0.717, 1.165) is 32.5 Å². The number of hydrogen-bond acceptors (Lipinski definition) is 3. The minimum absolute atomic E-state index is 0.106. The molecule has 0 radical (unpaired) electrons. The van der Waals surface area contributed by atoms with Gasteiger partial charge >= 0.3 is 5.97 Å². The molecule has 2 rings (SSSR count). The van der Waals surface area contributed by atoms with Gasteiger partial charge in [-0.1, -0.05) is 30.3 Å². The Morgan fingerprint density at radius 2 is 1.89 bits per heavy atom. The van der Waals surface area contributed by atoms with Crippen LogP contribution in [0.4, 0.5) is 0 Å². The second kappa shape index (κ2) is 6.68.